The van der Waals surface area contributed by atoms with E-state index in [2.05, 4.69) is 0 Å². The number of fused-ring (bicyclic) bond motifs is 1. The maximum atomic E-state index is 11.3. The van der Waals surface area contributed by atoms with Crippen molar-refractivity contribution in [1.29, 1.82) is 0 Å². The summed E-state index contributed by atoms with van der Waals surface area (Å²) in [5.74, 6) is -0.235. The van der Waals surface area contributed by atoms with E-state index < -0.39 is 5.97 Å². The summed E-state index contributed by atoms with van der Waals surface area (Å²) in [5, 5.41) is 9.92. The molecule has 0 unspecified atom stereocenters. The van der Waals surface area contributed by atoms with Gasteiger partial charge in [0, 0.05) is 29.3 Å². The van der Waals surface area contributed by atoms with Gasteiger partial charge in [-0.25, -0.2) is 4.79 Å². The summed E-state index contributed by atoms with van der Waals surface area (Å²) in [4.78, 5) is 11.3. The molecule has 0 bridgehead atoms. The van der Waals surface area contributed by atoms with Gasteiger partial charge in [0.1, 0.15) is 11.5 Å². The van der Waals surface area contributed by atoms with Gasteiger partial charge in [0.2, 0.25) is 0 Å². The third kappa shape index (κ3) is 2.43. The second-order valence-corrected chi connectivity index (χ2v) is 5.29. The van der Waals surface area contributed by atoms with Gasteiger partial charge in [0.15, 0.2) is 5.58 Å². The van der Waals surface area contributed by atoms with Crippen LogP contribution in [0.1, 0.15) is 23.8 Å². The van der Waals surface area contributed by atoms with Crippen LogP contribution in [-0.4, -0.2) is 15.6 Å². The number of furan rings is 1. The monoisotopic (exact) mass is 303 g/mol. The summed E-state index contributed by atoms with van der Waals surface area (Å²) < 4.78 is 7.56. The van der Waals surface area contributed by atoms with E-state index in [1.807, 2.05) is 25.1 Å². The average Bonchev–Trinajstić information content (AvgIpc) is 2.99. The normalized spacial score (nSPS) is 11.1. The number of hydrogen-bond donors (Lipinski definition) is 1. The molecule has 0 fully saturated rings. The van der Waals surface area contributed by atoms with Crippen LogP contribution in [0.5, 0.6) is 0 Å². The smallest absolute Gasteiger partial charge is 0.352 e. The molecule has 2 aromatic heterocycles. The first-order valence-electron chi connectivity index (χ1n) is 6.72. The minimum Gasteiger partial charge on any atom is -0.477 e. The van der Waals surface area contributed by atoms with Crippen molar-refractivity contribution >= 4 is 28.7 Å². The number of carboxylic acid groups (broad SMARTS) is 1. The van der Waals surface area contributed by atoms with Crippen LogP contribution < -0.4 is 0 Å². The number of rotatable bonds is 4. The minimum atomic E-state index is -0.942. The van der Waals surface area contributed by atoms with Crippen LogP contribution in [0.3, 0.4) is 0 Å². The van der Waals surface area contributed by atoms with Crippen molar-refractivity contribution in [2.24, 2.45) is 0 Å². The Morgan fingerprint density at radius 2 is 2.00 bits per heavy atom. The molecule has 0 spiro atoms. The van der Waals surface area contributed by atoms with Crippen LogP contribution in [0.15, 0.2) is 40.8 Å². The topological polar surface area (TPSA) is 55.4 Å². The maximum Gasteiger partial charge on any atom is 0.352 e. The van der Waals surface area contributed by atoms with Gasteiger partial charge >= 0.3 is 5.97 Å². The lowest BCUT2D eigenvalue weighted by atomic mass is 10.2. The molecule has 0 atom stereocenters. The molecule has 3 aromatic rings. The number of nitrogens with zero attached hydrogens (tertiary/aromatic N) is 1. The zero-order chi connectivity index (χ0) is 15.0. The Morgan fingerprint density at radius 1 is 1.29 bits per heavy atom. The predicted molar refractivity (Wildman–Crippen MR) is 81.9 cm³/mol. The molecule has 2 heterocycles. The van der Waals surface area contributed by atoms with E-state index in [0.29, 0.717) is 22.9 Å². The highest BCUT2D eigenvalue weighted by molar-refractivity contribution is 6.30. The fourth-order valence-corrected chi connectivity index (χ4v) is 2.57. The Hall–Kier alpha value is -2.20. The maximum absolute atomic E-state index is 11.3. The van der Waals surface area contributed by atoms with E-state index >= 15 is 0 Å². The molecule has 0 saturated heterocycles. The van der Waals surface area contributed by atoms with Gasteiger partial charge in [0.05, 0.1) is 5.52 Å². The number of hydrogen-bond acceptors (Lipinski definition) is 2. The standard InChI is InChI=1S/C16H14ClNO3/c1-2-7-18-12-8-14(10-3-5-11(17)6-4-10)21-15(12)9-13(18)16(19)20/h3-6,8-9H,2,7H2,1H3,(H,19,20). The molecule has 108 valence electrons. The number of carbonyl (C=O) groups is 1. The van der Waals surface area contributed by atoms with E-state index in [0.717, 1.165) is 17.5 Å². The second-order valence-electron chi connectivity index (χ2n) is 4.85. The SMILES string of the molecule is CCCn1c(C(=O)O)cc2oc(-c3ccc(Cl)cc3)cc21. The lowest BCUT2D eigenvalue weighted by molar-refractivity contribution is 0.0685. The fourth-order valence-electron chi connectivity index (χ4n) is 2.44. The zero-order valence-corrected chi connectivity index (χ0v) is 12.2. The first kappa shape index (κ1) is 13.8. The molecule has 21 heavy (non-hydrogen) atoms. The molecule has 3 rings (SSSR count). The van der Waals surface area contributed by atoms with Crippen molar-refractivity contribution in [3.8, 4) is 11.3 Å². The van der Waals surface area contributed by atoms with E-state index in [1.54, 1.807) is 22.8 Å². The zero-order valence-electron chi connectivity index (χ0n) is 11.5. The van der Waals surface area contributed by atoms with Crippen LogP contribution in [0.2, 0.25) is 5.02 Å². The van der Waals surface area contributed by atoms with Crippen molar-refractivity contribution < 1.29 is 14.3 Å². The Kier molecular flexibility index (Phi) is 3.47. The summed E-state index contributed by atoms with van der Waals surface area (Å²) in [6.07, 6.45) is 0.853. The minimum absolute atomic E-state index is 0.258. The van der Waals surface area contributed by atoms with Crippen LogP contribution in [-0.2, 0) is 6.54 Å². The Labute approximate surface area is 126 Å². The molecule has 0 saturated carbocycles. The molecule has 1 N–H and O–H groups in total. The molecule has 0 aliphatic carbocycles. The number of aromatic carboxylic acids is 1. The largest absolute Gasteiger partial charge is 0.477 e. The molecular formula is C16H14ClNO3. The fraction of sp³-hybridized carbons (Fsp3) is 0.188. The molecule has 5 heteroatoms. The molecule has 0 radical (unpaired) electrons. The quantitative estimate of drug-likeness (QED) is 0.762. The van der Waals surface area contributed by atoms with Gasteiger partial charge in [-0.3, -0.25) is 0 Å². The second kappa shape index (κ2) is 5.30. The number of halogens is 1. The summed E-state index contributed by atoms with van der Waals surface area (Å²) in [6.45, 7) is 2.66. The lowest BCUT2D eigenvalue weighted by Crippen LogP contribution is -2.07. The molecule has 0 amide bonds. The predicted octanol–water partition coefficient (Wildman–Crippen LogP) is 4.66. The molecule has 4 nitrogen and oxygen atoms in total. The van der Waals surface area contributed by atoms with Gasteiger partial charge in [-0.2, -0.15) is 0 Å². The number of benzene rings is 1. The third-order valence-corrected chi connectivity index (χ3v) is 3.64. The highest BCUT2D eigenvalue weighted by Gasteiger charge is 2.18. The molecule has 0 aliphatic heterocycles. The first-order chi connectivity index (χ1) is 10.1. The number of aryl methyl sites for hydroxylation is 1. The summed E-state index contributed by atoms with van der Waals surface area (Å²) in [5.41, 5.74) is 2.56. The Morgan fingerprint density at radius 3 is 2.62 bits per heavy atom. The van der Waals surface area contributed by atoms with Crippen LogP contribution in [0, 0.1) is 0 Å². The summed E-state index contributed by atoms with van der Waals surface area (Å²) in [6, 6.07) is 10.8. The van der Waals surface area contributed by atoms with Crippen molar-refractivity contribution in [2.45, 2.75) is 19.9 Å². The van der Waals surface area contributed by atoms with Crippen LogP contribution in [0.4, 0.5) is 0 Å². The van der Waals surface area contributed by atoms with E-state index in [9.17, 15) is 9.90 Å². The van der Waals surface area contributed by atoms with Gasteiger partial charge in [-0.1, -0.05) is 18.5 Å². The Balaban J connectivity index is 2.12. The molecule has 0 aliphatic rings. The van der Waals surface area contributed by atoms with E-state index in [-0.39, 0.29) is 5.69 Å². The van der Waals surface area contributed by atoms with Crippen LogP contribution >= 0.6 is 11.6 Å². The lowest BCUT2D eigenvalue weighted by Gasteiger charge is -2.04. The summed E-state index contributed by atoms with van der Waals surface area (Å²) >= 11 is 5.88. The van der Waals surface area contributed by atoms with E-state index in [4.69, 9.17) is 16.0 Å². The molecule has 1 aromatic carbocycles. The average molecular weight is 304 g/mol. The van der Waals surface area contributed by atoms with Gasteiger partial charge in [0.25, 0.3) is 0 Å². The molecular weight excluding hydrogens is 290 g/mol. The summed E-state index contributed by atoms with van der Waals surface area (Å²) in [7, 11) is 0. The van der Waals surface area contributed by atoms with Gasteiger partial charge < -0.3 is 14.1 Å². The third-order valence-electron chi connectivity index (χ3n) is 3.38. The van der Waals surface area contributed by atoms with Gasteiger partial charge in [-0.15, -0.1) is 0 Å². The van der Waals surface area contributed by atoms with Crippen molar-refractivity contribution in [3.05, 3.63) is 47.1 Å². The van der Waals surface area contributed by atoms with Crippen molar-refractivity contribution in [3.63, 3.8) is 0 Å². The first-order valence-corrected chi connectivity index (χ1v) is 7.10. The van der Waals surface area contributed by atoms with Gasteiger partial charge in [-0.05, 0) is 30.7 Å². The van der Waals surface area contributed by atoms with Crippen molar-refractivity contribution in [2.75, 3.05) is 0 Å². The Bertz CT molecular complexity index is 799. The highest BCUT2D eigenvalue weighted by Crippen LogP contribution is 2.31. The van der Waals surface area contributed by atoms with E-state index in [1.165, 1.54) is 0 Å². The highest BCUT2D eigenvalue weighted by atomic mass is 35.5. The number of carboxylic acids is 1. The number of aromatic nitrogens is 1. The van der Waals surface area contributed by atoms with Crippen LogP contribution in [0.25, 0.3) is 22.4 Å². The van der Waals surface area contributed by atoms with Crippen molar-refractivity contribution in [1.82, 2.24) is 4.57 Å².